The van der Waals surface area contributed by atoms with Gasteiger partial charge in [-0.2, -0.15) is 0 Å². The molecule has 1 saturated heterocycles. The summed E-state index contributed by atoms with van der Waals surface area (Å²) in [5.41, 5.74) is 9.51. The van der Waals surface area contributed by atoms with Crippen LogP contribution in [0.3, 0.4) is 0 Å². The standard InChI is InChI=1S/C69H96N4O8S2/c1-44(75)80-64-29-19-47-34-50(60(79)61-59(47)48-20-31-68(81-61)27-7-14-51(68)35-48)41-73-43-65(39-58(73)78)52(17-18-55(65)46-12-3-2-4-13-46)40-71-62(70)72-69(28-9-24-63(69)22-5-6-23-63)83-82-42-53-16-15-49(54(21-30-64)56(76)38-64)37-66(53)25-10-26-67(66)36-45(11-8-32-74)33-57(67)77/h2-4,12-13,20,31,34,45,48-49,51-57,74,76-77,79H,5-11,14-19,21-30,32-33,35-43H2,1H3,(H3,70,71,72)/t45-,48+,49-,51-,52+,53-,54-,55-,56-,57-,64+,65-,66-,67-,68-,69+/m1/s1. The van der Waals surface area contributed by atoms with Gasteiger partial charge in [-0.1, -0.05) is 77.3 Å². The molecule has 7 N–H and O–H groups in total. The Bertz CT molecular complexity index is 2840. The van der Waals surface area contributed by atoms with Crippen molar-refractivity contribution >= 4 is 39.4 Å². The van der Waals surface area contributed by atoms with Gasteiger partial charge in [0.25, 0.3) is 0 Å². The zero-order valence-electron chi connectivity index (χ0n) is 49.6. The summed E-state index contributed by atoms with van der Waals surface area (Å²) < 4.78 is 13.8. The number of aliphatic hydroxyl groups excluding tert-OH is 3. The number of phenols is 1. The third kappa shape index (κ3) is 9.47. The highest BCUT2D eigenvalue weighted by Crippen LogP contribution is 2.72. The average molecular weight is 1170 g/mol. The monoisotopic (exact) mass is 1170 g/mol. The number of rotatable bonds is 5. The molecule has 6 heterocycles. The summed E-state index contributed by atoms with van der Waals surface area (Å²) in [5, 5.41) is 52.3. The van der Waals surface area contributed by atoms with Crippen molar-refractivity contribution in [2.24, 2.45) is 67.9 Å². The van der Waals surface area contributed by atoms with Crippen molar-refractivity contribution in [1.82, 2.24) is 10.2 Å². The highest BCUT2D eigenvalue weighted by atomic mass is 33.1. The second-order valence-corrected chi connectivity index (χ2v) is 32.4. The number of ether oxygens (including phenoxy) is 2. The molecule has 1 amide bonds. The molecule has 6 spiro atoms. The number of guanidine groups is 1. The van der Waals surface area contributed by atoms with E-state index in [-0.39, 0.29) is 93.0 Å². The first-order chi connectivity index (χ1) is 40.2. The van der Waals surface area contributed by atoms with Crippen LogP contribution in [0.5, 0.6) is 11.5 Å². The minimum atomic E-state index is -0.876. The molecule has 452 valence electrons. The van der Waals surface area contributed by atoms with Gasteiger partial charge in [0, 0.05) is 91.0 Å². The Morgan fingerprint density at radius 3 is 2.49 bits per heavy atom. The van der Waals surface area contributed by atoms with Crippen LogP contribution in [-0.2, 0) is 27.3 Å². The van der Waals surface area contributed by atoms with E-state index in [0.717, 1.165) is 139 Å². The number of hydrogen-bond donors (Lipinski definition) is 6. The number of hydrogen-bond acceptors (Lipinski definition) is 13. The van der Waals surface area contributed by atoms with Gasteiger partial charge in [-0.3, -0.25) is 14.6 Å². The second-order valence-electron chi connectivity index (χ2n) is 29.8. The summed E-state index contributed by atoms with van der Waals surface area (Å²) in [7, 11) is 4.12. The highest BCUT2D eigenvalue weighted by Gasteiger charge is 2.67. The van der Waals surface area contributed by atoms with Crippen LogP contribution in [0.15, 0.2) is 53.5 Å². The number of carbonyl (C=O) groups excluding carboxylic acids is 2. The number of aliphatic hydroxyl groups is 3. The van der Waals surface area contributed by atoms with E-state index in [1.54, 1.807) is 0 Å². The van der Waals surface area contributed by atoms with Gasteiger partial charge in [0.15, 0.2) is 17.5 Å². The number of nitrogens with one attached hydrogen (secondary N) is 1. The van der Waals surface area contributed by atoms with Gasteiger partial charge in [0.2, 0.25) is 5.91 Å². The molecule has 83 heavy (non-hydrogen) atoms. The smallest absolute Gasteiger partial charge is 0.303 e. The van der Waals surface area contributed by atoms with Gasteiger partial charge >= 0.3 is 5.97 Å². The van der Waals surface area contributed by atoms with Crippen molar-refractivity contribution in [3.05, 3.63) is 70.8 Å². The number of carbonyl (C=O) groups is 2. The van der Waals surface area contributed by atoms with Crippen molar-refractivity contribution < 1.29 is 39.5 Å². The summed E-state index contributed by atoms with van der Waals surface area (Å²) in [6.45, 7) is 3.05. The maximum Gasteiger partial charge on any atom is 0.303 e. The van der Waals surface area contributed by atoms with Crippen LogP contribution in [0.4, 0.5) is 0 Å². The lowest BCUT2D eigenvalue weighted by Gasteiger charge is -2.57. The van der Waals surface area contributed by atoms with E-state index in [9.17, 15) is 25.2 Å². The molecular weight excluding hydrogens is 1080 g/mol. The van der Waals surface area contributed by atoms with E-state index in [2.05, 4.69) is 75.5 Å². The van der Waals surface area contributed by atoms with Crippen molar-refractivity contribution in [3.8, 4) is 11.5 Å². The van der Waals surface area contributed by atoms with Crippen LogP contribution in [-0.4, -0.2) is 96.9 Å². The van der Waals surface area contributed by atoms with Gasteiger partial charge < -0.3 is 45.9 Å². The first-order valence-electron chi connectivity index (χ1n) is 33.3. The maximum absolute atomic E-state index is 15.0. The van der Waals surface area contributed by atoms with Gasteiger partial charge in [-0.05, 0) is 218 Å². The van der Waals surface area contributed by atoms with Crippen molar-refractivity contribution in [1.29, 1.82) is 0 Å². The van der Waals surface area contributed by atoms with E-state index in [4.69, 9.17) is 20.2 Å². The lowest BCUT2D eigenvalue weighted by atomic mass is 9.49. The summed E-state index contributed by atoms with van der Waals surface area (Å²) in [6, 6.07) is 13.0. The van der Waals surface area contributed by atoms with E-state index in [1.165, 1.54) is 44.6 Å². The third-order valence-electron chi connectivity index (χ3n) is 26.1. The largest absolute Gasteiger partial charge is 0.504 e. The fourth-order valence-corrected chi connectivity index (χ4v) is 26.4. The average Bonchev–Trinajstić information content (AvgIpc) is 1.90. The number of phenolic OH excluding ortho intramolecular Hbond substituents is 1. The minimum Gasteiger partial charge on any atom is -0.504 e. The number of aliphatic imine (C=N–C) groups is 1. The Balaban J connectivity index is 0.860. The van der Waals surface area contributed by atoms with Gasteiger partial charge in [-0.15, -0.1) is 0 Å². The molecule has 2 aromatic carbocycles. The summed E-state index contributed by atoms with van der Waals surface area (Å²) in [4.78, 5) is 35.6. The molecule has 0 aromatic heterocycles. The predicted octanol–water partition coefficient (Wildman–Crippen LogP) is 12.5. The highest BCUT2D eigenvalue weighted by molar-refractivity contribution is 8.77. The van der Waals surface area contributed by atoms with Crippen LogP contribution >= 0.6 is 21.6 Å². The first-order valence-corrected chi connectivity index (χ1v) is 35.6. The van der Waals surface area contributed by atoms with Crippen molar-refractivity contribution in [2.75, 3.05) is 25.4 Å². The minimum absolute atomic E-state index is 0.0559. The van der Waals surface area contributed by atoms with Gasteiger partial charge in [0.05, 0.1) is 12.2 Å². The molecule has 9 fully saturated rings. The first kappa shape index (κ1) is 57.3. The molecular formula is C69H96N4O8S2. The molecule has 12 nitrogen and oxygen atoms in total. The third-order valence-corrected chi connectivity index (χ3v) is 29.4. The number of esters is 1. The topological polar surface area (TPSA) is 187 Å². The lowest BCUT2D eigenvalue weighted by molar-refractivity contribution is -0.173. The fraction of sp³-hybridized carbons (Fsp3) is 0.754. The number of benzene rings is 2. The Labute approximate surface area is 501 Å². The number of allylic oxidation sites excluding steroid dienone is 1. The number of nitrogens with zero attached hydrogens (tertiary/aromatic N) is 2. The maximum atomic E-state index is 15.0. The predicted molar refractivity (Wildman–Crippen MR) is 328 cm³/mol. The summed E-state index contributed by atoms with van der Waals surface area (Å²) in [6.07, 6.45) is 31.0. The molecule has 14 heteroatoms. The molecule has 10 bridgehead atoms. The van der Waals surface area contributed by atoms with Crippen molar-refractivity contribution in [3.63, 3.8) is 0 Å². The van der Waals surface area contributed by atoms with Crippen LogP contribution in [0.25, 0.3) is 0 Å². The van der Waals surface area contributed by atoms with Crippen LogP contribution < -0.4 is 15.8 Å². The molecule has 15 aliphatic rings. The molecule has 17 rings (SSSR count). The Hall–Kier alpha value is -3.43. The molecule has 6 aliphatic heterocycles. The van der Waals surface area contributed by atoms with Crippen LogP contribution in [0.2, 0.25) is 0 Å². The SMILES string of the molecule is CC(=O)O[C@@]12CCc3cc(c(O)c4c3[C@H]3C=C[C@@]5(CCC[C@@H]5C3)O4)CN3C[C@]4(CC3=O)[C@@H](CC[C@@H]4c3ccccc3)CN=C(N)N[C@@]3(CCCC34CCCC4)SSC[C@H]3CC[C@H](C[C@]34CCC[C@]43C[C@H](CCCO)C[C@H]3O)[C@@H](CC1)[C@H](O)C2. The van der Waals surface area contributed by atoms with E-state index in [0.29, 0.717) is 80.2 Å². The molecule has 9 aliphatic carbocycles. The number of fused-ring (bicyclic) bond motifs is 1. The Morgan fingerprint density at radius 1 is 0.867 bits per heavy atom. The van der Waals surface area contributed by atoms with Crippen LogP contribution in [0.1, 0.15) is 221 Å². The summed E-state index contributed by atoms with van der Waals surface area (Å²) in [5.74, 6) is 3.85. The molecule has 0 radical (unpaired) electrons. The lowest BCUT2D eigenvalue weighted by Crippen LogP contribution is -2.56. The van der Waals surface area contributed by atoms with Gasteiger partial charge in [-0.25, -0.2) is 0 Å². The Kier molecular flexibility index (Phi) is 15.2. The zero-order valence-corrected chi connectivity index (χ0v) is 51.3. The Morgan fingerprint density at radius 2 is 1.67 bits per heavy atom. The summed E-state index contributed by atoms with van der Waals surface area (Å²) >= 11 is 0. The van der Waals surface area contributed by atoms with E-state index < -0.39 is 17.3 Å². The van der Waals surface area contributed by atoms with Gasteiger partial charge in [0.1, 0.15) is 16.1 Å². The molecule has 2 aromatic rings. The number of aromatic hydroxyl groups is 1. The van der Waals surface area contributed by atoms with Crippen LogP contribution in [0, 0.1) is 57.2 Å². The molecule has 0 unspecified atom stereocenters. The number of aryl methyl sites for hydroxylation is 1. The van der Waals surface area contributed by atoms with E-state index in [1.807, 2.05) is 4.90 Å². The fourth-order valence-electron chi connectivity index (χ4n) is 22.5. The quantitative estimate of drug-likeness (QED) is 0.0946. The van der Waals surface area contributed by atoms with E-state index >= 15 is 4.79 Å². The molecule has 16 atom stereocenters. The number of nitrogens with two attached hydrogens (primary N) is 1. The normalized spacial score (nSPS) is 42.7. The number of amides is 1. The molecule has 8 saturated carbocycles. The zero-order chi connectivity index (χ0) is 57.0. The second kappa shape index (κ2) is 22.0. The van der Waals surface area contributed by atoms with Crippen molar-refractivity contribution in [2.45, 2.75) is 240 Å².